The maximum Gasteiger partial charge on any atom is 0.322 e. The second-order valence-corrected chi connectivity index (χ2v) is 5.24. The van der Waals surface area contributed by atoms with Crippen molar-refractivity contribution in [2.24, 2.45) is 5.41 Å². The van der Waals surface area contributed by atoms with Crippen molar-refractivity contribution in [2.75, 3.05) is 32.2 Å². The minimum atomic E-state index is 0.0703. The van der Waals surface area contributed by atoms with Gasteiger partial charge in [0.1, 0.15) is 0 Å². The third-order valence-corrected chi connectivity index (χ3v) is 2.74. The van der Waals surface area contributed by atoms with E-state index < -0.39 is 0 Å². The molecule has 0 saturated carbocycles. The van der Waals surface area contributed by atoms with E-state index >= 15 is 0 Å². The van der Waals surface area contributed by atoms with Crippen LogP contribution >= 0.6 is 11.6 Å². The molecule has 0 radical (unpaired) electrons. The van der Waals surface area contributed by atoms with Gasteiger partial charge >= 0.3 is 6.01 Å². The molecule has 0 unspecified atom stereocenters. The Morgan fingerprint density at radius 3 is 2.63 bits per heavy atom. The lowest BCUT2D eigenvalue weighted by Crippen LogP contribution is -2.25. The van der Waals surface area contributed by atoms with E-state index in [0.29, 0.717) is 19.1 Å². The molecule has 1 rings (SSSR count). The molecule has 0 aliphatic carbocycles. The van der Waals surface area contributed by atoms with Crippen molar-refractivity contribution in [2.45, 2.75) is 27.2 Å². The van der Waals surface area contributed by atoms with Crippen LogP contribution < -0.4 is 10.1 Å². The fourth-order valence-electron chi connectivity index (χ4n) is 1.39. The summed E-state index contributed by atoms with van der Waals surface area (Å²) in [6, 6.07) is 0.236. The standard InChI is InChI=1S/C12H21ClN4O2/c1-5-19-11-16-9(13)15-10(17-11)14-8-12(2,3)6-7-18-4/h5-8H2,1-4H3,(H,14,15,16,17). The number of aromatic nitrogens is 3. The molecule has 0 fully saturated rings. The summed E-state index contributed by atoms with van der Waals surface area (Å²) in [4.78, 5) is 12.0. The smallest absolute Gasteiger partial charge is 0.322 e. The van der Waals surface area contributed by atoms with E-state index in [0.717, 1.165) is 13.0 Å². The zero-order chi connectivity index (χ0) is 14.3. The monoisotopic (exact) mass is 288 g/mol. The van der Waals surface area contributed by atoms with E-state index in [1.807, 2.05) is 6.92 Å². The predicted octanol–water partition coefficient (Wildman–Crippen LogP) is 2.40. The average molecular weight is 289 g/mol. The van der Waals surface area contributed by atoms with Crippen LogP contribution in [0.15, 0.2) is 0 Å². The first-order valence-corrected chi connectivity index (χ1v) is 6.62. The Hall–Kier alpha value is -1.14. The van der Waals surface area contributed by atoms with Crippen molar-refractivity contribution in [1.29, 1.82) is 0 Å². The Kier molecular flexibility index (Phi) is 6.24. The average Bonchev–Trinajstić information content (AvgIpc) is 2.34. The second-order valence-electron chi connectivity index (χ2n) is 4.90. The fraction of sp³-hybridized carbons (Fsp3) is 0.750. The van der Waals surface area contributed by atoms with Crippen molar-refractivity contribution in [3.8, 4) is 6.01 Å². The van der Waals surface area contributed by atoms with Crippen molar-refractivity contribution in [1.82, 2.24) is 15.0 Å². The van der Waals surface area contributed by atoms with Crippen LogP contribution in [0.4, 0.5) is 5.95 Å². The number of ether oxygens (including phenoxy) is 2. The van der Waals surface area contributed by atoms with Crippen LogP contribution in [0.5, 0.6) is 6.01 Å². The molecule has 1 heterocycles. The maximum atomic E-state index is 5.82. The van der Waals surface area contributed by atoms with Crippen LogP contribution in [0.2, 0.25) is 5.28 Å². The number of nitrogens with zero attached hydrogens (tertiary/aromatic N) is 3. The van der Waals surface area contributed by atoms with Crippen LogP contribution in [0.3, 0.4) is 0 Å². The molecule has 0 aliphatic rings. The molecule has 0 atom stereocenters. The summed E-state index contributed by atoms with van der Waals surface area (Å²) in [5.41, 5.74) is 0.0703. The van der Waals surface area contributed by atoms with E-state index in [-0.39, 0.29) is 16.7 Å². The van der Waals surface area contributed by atoms with Gasteiger partial charge in [0, 0.05) is 20.3 Å². The summed E-state index contributed by atoms with van der Waals surface area (Å²) >= 11 is 5.82. The third-order valence-electron chi connectivity index (χ3n) is 2.57. The van der Waals surface area contributed by atoms with E-state index in [1.165, 1.54) is 0 Å². The van der Waals surface area contributed by atoms with Gasteiger partial charge in [-0.05, 0) is 30.4 Å². The Labute approximate surface area is 118 Å². The number of rotatable bonds is 8. The van der Waals surface area contributed by atoms with Crippen molar-refractivity contribution >= 4 is 17.5 Å². The molecular weight excluding hydrogens is 268 g/mol. The van der Waals surface area contributed by atoms with Gasteiger partial charge in [0.25, 0.3) is 0 Å². The van der Waals surface area contributed by atoms with Gasteiger partial charge in [0.15, 0.2) is 0 Å². The number of halogens is 1. The molecule has 1 aromatic rings. The first-order chi connectivity index (χ1) is 8.96. The number of hydrogen-bond acceptors (Lipinski definition) is 6. The molecule has 0 spiro atoms. The van der Waals surface area contributed by atoms with Gasteiger partial charge in [-0.2, -0.15) is 15.0 Å². The van der Waals surface area contributed by atoms with Gasteiger partial charge in [-0.3, -0.25) is 0 Å². The highest BCUT2D eigenvalue weighted by atomic mass is 35.5. The zero-order valence-electron chi connectivity index (χ0n) is 11.9. The summed E-state index contributed by atoms with van der Waals surface area (Å²) < 4.78 is 10.3. The number of anilines is 1. The molecule has 7 heteroatoms. The van der Waals surface area contributed by atoms with Gasteiger partial charge < -0.3 is 14.8 Å². The molecule has 0 aliphatic heterocycles. The second kappa shape index (κ2) is 7.45. The van der Waals surface area contributed by atoms with Gasteiger partial charge in [-0.1, -0.05) is 13.8 Å². The molecule has 0 saturated heterocycles. The molecule has 1 aromatic heterocycles. The Balaban J connectivity index is 2.61. The first kappa shape index (κ1) is 15.9. The highest BCUT2D eigenvalue weighted by Crippen LogP contribution is 2.21. The topological polar surface area (TPSA) is 69.2 Å². The lowest BCUT2D eigenvalue weighted by Gasteiger charge is -2.24. The Morgan fingerprint density at radius 2 is 2.00 bits per heavy atom. The molecule has 0 amide bonds. The van der Waals surface area contributed by atoms with Crippen molar-refractivity contribution < 1.29 is 9.47 Å². The minimum Gasteiger partial charge on any atom is -0.464 e. The van der Waals surface area contributed by atoms with Crippen LogP contribution in [0.25, 0.3) is 0 Å². The molecule has 0 bridgehead atoms. The largest absolute Gasteiger partial charge is 0.464 e. The Morgan fingerprint density at radius 1 is 1.26 bits per heavy atom. The van der Waals surface area contributed by atoms with Gasteiger partial charge in [-0.25, -0.2) is 0 Å². The summed E-state index contributed by atoms with van der Waals surface area (Å²) in [6.07, 6.45) is 0.938. The van der Waals surface area contributed by atoms with Crippen molar-refractivity contribution in [3.05, 3.63) is 5.28 Å². The molecule has 19 heavy (non-hydrogen) atoms. The highest BCUT2D eigenvalue weighted by Gasteiger charge is 2.18. The molecule has 108 valence electrons. The quantitative estimate of drug-likeness (QED) is 0.792. The van der Waals surface area contributed by atoms with Gasteiger partial charge in [-0.15, -0.1) is 0 Å². The number of methoxy groups -OCH3 is 1. The summed E-state index contributed by atoms with van der Waals surface area (Å²) in [5.74, 6) is 0.425. The SMILES string of the molecule is CCOc1nc(Cl)nc(NCC(C)(C)CCOC)n1. The third kappa shape index (κ3) is 6.02. The van der Waals surface area contributed by atoms with E-state index in [2.05, 4.69) is 34.1 Å². The fourth-order valence-corrected chi connectivity index (χ4v) is 1.54. The number of hydrogen-bond donors (Lipinski definition) is 1. The Bertz CT molecular complexity index is 401. The predicted molar refractivity (Wildman–Crippen MR) is 74.8 cm³/mol. The number of nitrogens with one attached hydrogen (secondary N) is 1. The molecule has 0 aromatic carbocycles. The van der Waals surface area contributed by atoms with Gasteiger partial charge in [0.2, 0.25) is 11.2 Å². The summed E-state index contributed by atoms with van der Waals surface area (Å²) in [5, 5.41) is 3.27. The normalized spacial score (nSPS) is 11.4. The summed E-state index contributed by atoms with van der Waals surface area (Å²) in [7, 11) is 1.70. The van der Waals surface area contributed by atoms with Crippen LogP contribution in [0.1, 0.15) is 27.2 Å². The maximum absolute atomic E-state index is 5.82. The van der Waals surface area contributed by atoms with E-state index in [9.17, 15) is 0 Å². The van der Waals surface area contributed by atoms with Crippen LogP contribution in [-0.2, 0) is 4.74 Å². The lowest BCUT2D eigenvalue weighted by molar-refractivity contribution is 0.157. The molecule has 1 N–H and O–H groups in total. The van der Waals surface area contributed by atoms with Crippen LogP contribution in [0, 0.1) is 5.41 Å². The summed E-state index contributed by atoms with van der Waals surface area (Å²) in [6.45, 7) is 8.06. The first-order valence-electron chi connectivity index (χ1n) is 6.24. The van der Waals surface area contributed by atoms with E-state index in [1.54, 1.807) is 7.11 Å². The molecular formula is C12H21ClN4O2. The van der Waals surface area contributed by atoms with Crippen LogP contribution in [-0.4, -0.2) is 41.8 Å². The van der Waals surface area contributed by atoms with Crippen molar-refractivity contribution in [3.63, 3.8) is 0 Å². The van der Waals surface area contributed by atoms with Gasteiger partial charge in [0.05, 0.1) is 6.61 Å². The lowest BCUT2D eigenvalue weighted by atomic mass is 9.90. The zero-order valence-corrected chi connectivity index (χ0v) is 12.6. The minimum absolute atomic E-state index is 0.0703. The molecule has 6 nitrogen and oxygen atoms in total. The van der Waals surface area contributed by atoms with E-state index in [4.69, 9.17) is 21.1 Å². The highest BCUT2D eigenvalue weighted by molar-refractivity contribution is 6.28.